The molecule has 1 aliphatic carbocycles. The molecule has 0 aliphatic heterocycles. The summed E-state index contributed by atoms with van der Waals surface area (Å²) >= 11 is 0. The number of amides is 1. The first-order valence-electron chi connectivity index (χ1n) is 4.59. The van der Waals surface area contributed by atoms with Crippen molar-refractivity contribution in [2.24, 2.45) is 7.05 Å². The Morgan fingerprint density at radius 1 is 1.71 bits per heavy atom. The van der Waals surface area contributed by atoms with Crippen molar-refractivity contribution in [3.05, 3.63) is 11.8 Å². The molecule has 0 bridgehead atoms. The zero-order valence-corrected chi connectivity index (χ0v) is 8.28. The number of aromatic nitrogens is 2. The third-order valence-electron chi connectivity index (χ3n) is 2.15. The monoisotopic (exact) mass is 195 g/mol. The molecule has 14 heavy (non-hydrogen) atoms. The van der Waals surface area contributed by atoms with Crippen LogP contribution in [-0.2, 0) is 7.05 Å². The van der Waals surface area contributed by atoms with E-state index in [0.717, 1.165) is 12.8 Å². The van der Waals surface area contributed by atoms with Gasteiger partial charge in [-0.2, -0.15) is 0 Å². The predicted molar refractivity (Wildman–Crippen MR) is 50.2 cm³/mol. The van der Waals surface area contributed by atoms with E-state index >= 15 is 0 Å². The molecular formula is C9H13N3O2. The van der Waals surface area contributed by atoms with Gasteiger partial charge in [0.05, 0.1) is 7.11 Å². The molecule has 0 atom stereocenters. The number of methoxy groups -OCH3 is 1. The lowest BCUT2D eigenvalue weighted by molar-refractivity contribution is 0.0948. The second-order valence-electron chi connectivity index (χ2n) is 3.47. The molecule has 5 heteroatoms. The maximum atomic E-state index is 11.6. The van der Waals surface area contributed by atoms with Crippen LogP contribution in [0.1, 0.15) is 23.2 Å². The molecule has 1 fully saturated rings. The average Bonchev–Trinajstić information content (AvgIpc) is 2.87. The first-order chi connectivity index (χ1) is 6.70. The number of nitrogens with zero attached hydrogens (tertiary/aromatic N) is 2. The minimum Gasteiger partial charge on any atom is -0.479 e. The van der Waals surface area contributed by atoms with Gasteiger partial charge < -0.3 is 10.1 Å². The van der Waals surface area contributed by atoms with Gasteiger partial charge in [0.15, 0.2) is 0 Å². The van der Waals surface area contributed by atoms with Crippen molar-refractivity contribution in [3.8, 4) is 5.88 Å². The first-order valence-corrected chi connectivity index (χ1v) is 4.59. The number of rotatable bonds is 3. The SMILES string of the molecule is COc1nn(C)cc1C(=O)NC1CC1. The number of carbonyl (C=O) groups excluding carboxylic acids is 1. The molecule has 1 aromatic heterocycles. The van der Waals surface area contributed by atoms with Crippen LogP contribution in [0.15, 0.2) is 6.20 Å². The van der Waals surface area contributed by atoms with E-state index in [4.69, 9.17) is 4.74 Å². The molecule has 5 nitrogen and oxygen atoms in total. The molecule has 0 radical (unpaired) electrons. The lowest BCUT2D eigenvalue weighted by Gasteiger charge is -2.01. The van der Waals surface area contributed by atoms with E-state index < -0.39 is 0 Å². The summed E-state index contributed by atoms with van der Waals surface area (Å²) < 4.78 is 6.57. The quantitative estimate of drug-likeness (QED) is 0.755. The molecule has 1 saturated carbocycles. The molecule has 0 aromatic carbocycles. The fraction of sp³-hybridized carbons (Fsp3) is 0.556. The van der Waals surface area contributed by atoms with Crippen LogP contribution in [-0.4, -0.2) is 28.8 Å². The molecule has 1 N–H and O–H groups in total. The Labute approximate surface area is 82.0 Å². The van der Waals surface area contributed by atoms with Crippen LogP contribution in [0.5, 0.6) is 5.88 Å². The number of aryl methyl sites for hydroxylation is 1. The molecule has 0 saturated heterocycles. The Hall–Kier alpha value is -1.52. The molecule has 1 aliphatic rings. The molecule has 76 valence electrons. The zero-order chi connectivity index (χ0) is 10.1. The van der Waals surface area contributed by atoms with E-state index in [9.17, 15) is 4.79 Å². The summed E-state index contributed by atoms with van der Waals surface area (Å²) in [6.07, 6.45) is 3.82. The summed E-state index contributed by atoms with van der Waals surface area (Å²) in [6, 6.07) is 0.354. The summed E-state index contributed by atoms with van der Waals surface area (Å²) in [4.78, 5) is 11.6. The number of ether oxygens (including phenoxy) is 1. The molecule has 0 unspecified atom stereocenters. The lowest BCUT2D eigenvalue weighted by atomic mass is 10.3. The third kappa shape index (κ3) is 1.71. The molecule has 1 amide bonds. The molecule has 1 heterocycles. The van der Waals surface area contributed by atoms with Crippen LogP contribution in [0, 0.1) is 0 Å². The van der Waals surface area contributed by atoms with Gasteiger partial charge in [-0.15, -0.1) is 5.10 Å². The highest BCUT2D eigenvalue weighted by Crippen LogP contribution is 2.21. The van der Waals surface area contributed by atoms with E-state index in [1.54, 1.807) is 17.9 Å². The fourth-order valence-electron chi connectivity index (χ4n) is 1.27. The minimum absolute atomic E-state index is 0.0996. The molecule has 1 aromatic rings. The third-order valence-corrected chi connectivity index (χ3v) is 2.15. The van der Waals surface area contributed by atoms with Gasteiger partial charge in [0, 0.05) is 19.3 Å². The predicted octanol–water partition coefficient (Wildman–Crippen LogP) is 0.321. The first kappa shape index (κ1) is 9.05. The van der Waals surface area contributed by atoms with Crippen LogP contribution in [0.3, 0.4) is 0 Å². The maximum absolute atomic E-state index is 11.6. The standard InChI is InChI=1S/C9H13N3O2/c1-12-5-7(9(11-12)14-2)8(13)10-6-3-4-6/h5-6H,3-4H2,1-2H3,(H,10,13). The molecule has 0 spiro atoms. The van der Waals surface area contributed by atoms with Crippen molar-refractivity contribution < 1.29 is 9.53 Å². The molecule has 2 rings (SSSR count). The number of nitrogens with one attached hydrogen (secondary N) is 1. The van der Waals surface area contributed by atoms with Crippen molar-refractivity contribution >= 4 is 5.91 Å². The maximum Gasteiger partial charge on any atom is 0.258 e. The van der Waals surface area contributed by atoms with E-state index in [2.05, 4.69) is 10.4 Å². The van der Waals surface area contributed by atoms with Gasteiger partial charge in [-0.3, -0.25) is 9.48 Å². The van der Waals surface area contributed by atoms with Gasteiger partial charge in [0.1, 0.15) is 5.56 Å². The van der Waals surface area contributed by atoms with Crippen LogP contribution in [0.2, 0.25) is 0 Å². The summed E-state index contributed by atoms with van der Waals surface area (Å²) in [5.41, 5.74) is 0.502. The minimum atomic E-state index is -0.0996. The number of hydrogen-bond donors (Lipinski definition) is 1. The fourth-order valence-corrected chi connectivity index (χ4v) is 1.27. The average molecular weight is 195 g/mol. The van der Waals surface area contributed by atoms with Gasteiger partial charge >= 0.3 is 0 Å². The van der Waals surface area contributed by atoms with Crippen LogP contribution >= 0.6 is 0 Å². The Kier molecular flexibility index (Phi) is 2.15. The highest BCUT2D eigenvalue weighted by Gasteiger charge is 2.26. The van der Waals surface area contributed by atoms with Gasteiger partial charge in [-0.1, -0.05) is 0 Å². The summed E-state index contributed by atoms with van der Waals surface area (Å²) in [5, 5.41) is 6.90. The van der Waals surface area contributed by atoms with Crippen molar-refractivity contribution in [3.63, 3.8) is 0 Å². The number of hydrogen-bond acceptors (Lipinski definition) is 3. The second-order valence-corrected chi connectivity index (χ2v) is 3.47. The van der Waals surface area contributed by atoms with Crippen molar-refractivity contribution in [2.75, 3.05) is 7.11 Å². The van der Waals surface area contributed by atoms with Gasteiger partial charge in [-0.05, 0) is 12.8 Å². The van der Waals surface area contributed by atoms with E-state index in [1.807, 2.05) is 0 Å². The second kappa shape index (κ2) is 3.32. The smallest absolute Gasteiger partial charge is 0.258 e. The highest BCUT2D eigenvalue weighted by atomic mass is 16.5. The summed E-state index contributed by atoms with van der Waals surface area (Å²) in [6.45, 7) is 0. The normalized spacial score (nSPS) is 15.3. The Morgan fingerprint density at radius 3 is 3.00 bits per heavy atom. The topological polar surface area (TPSA) is 56.2 Å². The van der Waals surface area contributed by atoms with Crippen molar-refractivity contribution in [2.45, 2.75) is 18.9 Å². The highest BCUT2D eigenvalue weighted by molar-refractivity contribution is 5.96. The van der Waals surface area contributed by atoms with Crippen molar-refractivity contribution in [1.82, 2.24) is 15.1 Å². The van der Waals surface area contributed by atoms with E-state index in [0.29, 0.717) is 17.5 Å². The number of carbonyl (C=O) groups is 1. The van der Waals surface area contributed by atoms with Crippen LogP contribution in [0.4, 0.5) is 0 Å². The zero-order valence-electron chi connectivity index (χ0n) is 8.28. The summed E-state index contributed by atoms with van der Waals surface area (Å²) in [5.74, 6) is 0.281. The van der Waals surface area contributed by atoms with E-state index in [-0.39, 0.29) is 5.91 Å². The Morgan fingerprint density at radius 2 is 2.43 bits per heavy atom. The van der Waals surface area contributed by atoms with Crippen LogP contribution < -0.4 is 10.1 Å². The largest absolute Gasteiger partial charge is 0.479 e. The van der Waals surface area contributed by atoms with Gasteiger partial charge in [0.2, 0.25) is 5.88 Å². The Balaban J connectivity index is 2.15. The van der Waals surface area contributed by atoms with Crippen LogP contribution in [0.25, 0.3) is 0 Å². The summed E-state index contributed by atoms with van der Waals surface area (Å²) in [7, 11) is 3.27. The van der Waals surface area contributed by atoms with Gasteiger partial charge in [0.25, 0.3) is 5.91 Å². The van der Waals surface area contributed by atoms with Crippen molar-refractivity contribution in [1.29, 1.82) is 0 Å². The molecular weight excluding hydrogens is 182 g/mol. The Bertz CT molecular complexity index is 355. The van der Waals surface area contributed by atoms with Gasteiger partial charge in [-0.25, -0.2) is 0 Å². The van der Waals surface area contributed by atoms with E-state index in [1.165, 1.54) is 7.11 Å². The lowest BCUT2D eigenvalue weighted by Crippen LogP contribution is -2.25.